The molecule has 0 saturated heterocycles. The van der Waals surface area contributed by atoms with E-state index >= 15 is 0 Å². The number of hydrogen-bond donors (Lipinski definition) is 2. The van der Waals surface area contributed by atoms with Gasteiger partial charge in [-0.1, -0.05) is 6.07 Å². The molecule has 0 radical (unpaired) electrons. The Hall–Kier alpha value is -2.08. The number of nitrogens with zero attached hydrogens (tertiary/aromatic N) is 1. The third kappa shape index (κ3) is 3.03. The van der Waals surface area contributed by atoms with Gasteiger partial charge in [-0.3, -0.25) is 4.79 Å². The first-order valence-electron chi connectivity index (χ1n) is 5.74. The van der Waals surface area contributed by atoms with Crippen molar-refractivity contribution >= 4 is 22.9 Å². The van der Waals surface area contributed by atoms with Crippen LogP contribution in [0.2, 0.25) is 0 Å². The first-order chi connectivity index (χ1) is 9.11. The van der Waals surface area contributed by atoms with E-state index in [1.54, 1.807) is 35.7 Å². The van der Waals surface area contributed by atoms with Crippen molar-refractivity contribution in [2.75, 3.05) is 12.8 Å². The predicted octanol–water partition coefficient (Wildman–Crippen LogP) is 1.97. The van der Waals surface area contributed by atoms with Crippen LogP contribution in [0.1, 0.15) is 20.2 Å². The minimum Gasteiger partial charge on any atom is -0.494 e. The standard InChI is InChI=1S/C13H15N3O2S/c1-8-6-15-11(19-8)7-16-13(17)9-4-3-5-10(14)12(9)18-2/h3-6H,7,14H2,1-2H3,(H,16,17). The van der Waals surface area contributed by atoms with Gasteiger partial charge in [-0.25, -0.2) is 4.98 Å². The Kier molecular flexibility index (Phi) is 4.01. The van der Waals surface area contributed by atoms with E-state index in [1.807, 2.05) is 6.92 Å². The van der Waals surface area contributed by atoms with Crippen molar-refractivity contribution in [1.82, 2.24) is 10.3 Å². The Morgan fingerprint density at radius 3 is 2.95 bits per heavy atom. The number of hydrogen-bond acceptors (Lipinski definition) is 5. The normalized spacial score (nSPS) is 10.2. The highest BCUT2D eigenvalue weighted by Crippen LogP contribution is 2.25. The molecule has 0 aliphatic rings. The number of amides is 1. The third-order valence-corrected chi connectivity index (χ3v) is 3.48. The average Bonchev–Trinajstić information content (AvgIpc) is 2.81. The number of nitrogen functional groups attached to an aromatic ring is 1. The first kappa shape index (κ1) is 13.4. The van der Waals surface area contributed by atoms with Gasteiger partial charge in [-0.15, -0.1) is 11.3 Å². The SMILES string of the molecule is COc1c(N)cccc1C(=O)NCc1ncc(C)s1. The lowest BCUT2D eigenvalue weighted by Crippen LogP contribution is -2.23. The van der Waals surface area contributed by atoms with E-state index < -0.39 is 0 Å². The summed E-state index contributed by atoms with van der Waals surface area (Å²) >= 11 is 1.56. The van der Waals surface area contributed by atoms with E-state index in [-0.39, 0.29) is 5.91 Å². The summed E-state index contributed by atoms with van der Waals surface area (Å²) in [5.41, 5.74) is 6.64. The summed E-state index contributed by atoms with van der Waals surface area (Å²) < 4.78 is 5.15. The molecule has 0 aliphatic carbocycles. The summed E-state index contributed by atoms with van der Waals surface area (Å²) in [7, 11) is 1.49. The monoisotopic (exact) mass is 277 g/mol. The van der Waals surface area contributed by atoms with Crippen LogP contribution in [0.25, 0.3) is 0 Å². The zero-order chi connectivity index (χ0) is 13.8. The summed E-state index contributed by atoms with van der Waals surface area (Å²) in [6, 6.07) is 5.09. The van der Waals surface area contributed by atoms with Crippen LogP contribution in [-0.4, -0.2) is 18.0 Å². The maximum atomic E-state index is 12.1. The van der Waals surface area contributed by atoms with E-state index in [1.165, 1.54) is 7.11 Å². The Labute approximate surface area is 115 Å². The average molecular weight is 277 g/mol. The maximum absolute atomic E-state index is 12.1. The van der Waals surface area contributed by atoms with E-state index in [0.29, 0.717) is 23.5 Å². The second-order valence-corrected chi connectivity index (χ2v) is 5.29. The highest BCUT2D eigenvalue weighted by molar-refractivity contribution is 7.11. The van der Waals surface area contributed by atoms with Crippen molar-refractivity contribution in [3.63, 3.8) is 0 Å². The van der Waals surface area contributed by atoms with Gasteiger partial charge in [0.2, 0.25) is 0 Å². The number of nitrogens with two attached hydrogens (primary N) is 1. The fraction of sp³-hybridized carbons (Fsp3) is 0.231. The summed E-state index contributed by atoms with van der Waals surface area (Å²) in [6.45, 7) is 2.37. The lowest BCUT2D eigenvalue weighted by Gasteiger charge is -2.10. The van der Waals surface area contributed by atoms with Crippen molar-refractivity contribution in [1.29, 1.82) is 0 Å². The zero-order valence-corrected chi connectivity index (χ0v) is 11.6. The largest absolute Gasteiger partial charge is 0.494 e. The number of anilines is 1. The number of nitrogens with one attached hydrogen (secondary N) is 1. The summed E-state index contributed by atoms with van der Waals surface area (Å²) in [4.78, 5) is 17.4. The Bertz CT molecular complexity index is 595. The molecule has 0 fully saturated rings. The number of para-hydroxylation sites is 1. The molecular formula is C13H15N3O2S. The molecule has 0 atom stereocenters. The number of rotatable bonds is 4. The number of carbonyl (C=O) groups excluding carboxylic acids is 1. The molecule has 0 saturated carbocycles. The molecule has 1 amide bonds. The first-order valence-corrected chi connectivity index (χ1v) is 6.55. The van der Waals surface area contributed by atoms with E-state index in [0.717, 1.165) is 9.88 Å². The molecule has 0 unspecified atom stereocenters. The molecule has 0 bridgehead atoms. The van der Waals surface area contributed by atoms with Crippen molar-refractivity contribution in [2.45, 2.75) is 13.5 Å². The van der Waals surface area contributed by atoms with Gasteiger partial charge in [-0.05, 0) is 19.1 Å². The molecule has 6 heteroatoms. The van der Waals surface area contributed by atoms with Gasteiger partial charge in [-0.2, -0.15) is 0 Å². The van der Waals surface area contributed by atoms with Gasteiger partial charge >= 0.3 is 0 Å². The number of benzene rings is 1. The number of methoxy groups -OCH3 is 1. The van der Waals surface area contributed by atoms with Crippen LogP contribution in [0, 0.1) is 6.92 Å². The lowest BCUT2D eigenvalue weighted by atomic mass is 10.1. The highest BCUT2D eigenvalue weighted by atomic mass is 32.1. The van der Waals surface area contributed by atoms with Gasteiger partial charge in [0.1, 0.15) is 5.01 Å². The fourth-order valence-electron chi connectivity index (χ4n) is 1.70. The van der Waals surface area contributed by atoms with Crippen LogP contribution in [0.15, 0.2) is 24.4 Å². The lowest BCUT2D eigenvalue weighted by molar-refractivity contribution is 0.0948. The smallest absolute Gasteiger partial charge is 0.255 e. The van der Waals surface area contributed by atoms with Crippen LogP contribution in [0.4, 0.5) is 5.69 Å². The van der Waals surface area contributed by atoms with E-state index in [9.17, 15) is 4.79 Å². The second kappa shape index (κ2) is 5.71. The van der Waals surface area contributed by atoms with Crippen molar-refractivity contribution < 1.29 is 9.53 Å². The Balaban J connectivity index is 2.10. The zero-order valence-electron chi connectivity index (χ0n) is 10.8. The van der Waals surface area contributed by atoms with Gasteiger partial charge in [0, 0.05) is 11.1 Å². The molecule has 0 aliphatic heterocycles. The molecule has 3 N–H and O–H groups in total. The Morgan fingerprint density at radius 2 is 2.32 bits per heavy atom. The molecule has 1 aromatic heterocycles. The quantitative estimate of drug-likeness (QED) is 0.838. The van der Waals surface area contributed by atoms with E-state index in [4.69, 9.17) is 10.5 Å². The minimum atomic E-state index is -0.225. The number of thiazole rings is 1. The van der Waals surface area contributed by atoms with Gasteiger partial charge in [0.05, 0.1) is 24.9 Å². The molecular weight excluding hydrogens is 262 g/mol. The highest BCUT2D eigenvalue weighted by Gasteiger charge is 2.14. The molecule has 0 spiro atoms. The van der Waals surface area contributed by atoms with Crippen molar-refractivity contribution in [3.05, 3.63) is 39.8 Å². The molecule has 1 heterocycles. The molecule has 1 aromatic carbocycles. The van der Waals surface area contributed by atoms with Crippen LogP contribution >= 0.6 is 11.3 Å². The molecule has 19 heavy (non-hydrogen) atoms. The fourth-order valence-corrected chi connectivity index (χ4v) is 2.42. The van der Waals surface area contributed by atoms with Gasteiger partial charge in [0.25, 0.3) is 5.91 Å². The molecule has 100 valence electrons. The van der Waals surface area contributed by atoms with E-state index in [2.05, 4.69) is 10.3 Å². The van der Waals surface area contributed by atoms with Crippen LogP contribution in [0.5, 0.6) is 5.75 Å². The number of aryl methyl sites for hydroxylation is 1. The number of carbonyl (C=O) groups is 1. The van der Waals surface area contributed by atoms with Crippen molar-refractivity contribution in [2.24, 2.45) is 0 Å². The summed E-state index contributed by atoms with van der Waals surface area (Å²) in [6.07, 6.45) is 1.78. The number of aromatic nitrogens is 1. The van der Waals surface area contributed by atoms with Gasteiger partial charge in [0.15, 0.2) is 5.75 Å². The maximum Gasteiger partial charge on any atom is 0.255 e. The topological polar surface area (TPSA) is 77.2 Å². The number of ether oxygens (including phenoxy) is 1. The van der Waals surface area contributed by atoms with Crippen LogP contribution in [0.3, 0.4) is 0 Å². The summed E-state index contributed by atoms with van der Waals surface area (Å²) in [5.74, 6) is 0.173. The third-order valence-electron chi connectivity index (χ3n) is 2.56. The second-order valence-electron chi connectivity index (χ2n) is 3.98. The van der Waals surface area contributed by atoms with Crippen molar-refractivity contribution in [3.8, 4) is 5.75 Å². The van der Waals surface area contributed by atoms with Gasteiger partial charge < -0.3 is 15.8 Å². The Morgan fingerprint density at radius 1 is 1.53 bits per heavy atom. The predicted molar refractivity (Wildman–Crippen MR) is 75.4 cm³/mol. The molecule has 2 rings (SSSR count). The molecule has 5 nitrogen and oxygen atoms in total. The molecule has 2 aromatic rings. The van der Waals surface area contributed by atoms with Crippen LogP contribution < -0.4 is 15.8 Å². The minimum absolute atomic E-state index is 0.225. The summed E-state index contributed by atoms with van der Waals surface area (Å²) in [5, 5.41) is 3.67. The van der Waals surface area contributed by atoms with Crippen LogP contribution in [-0.2, 0) is 6.54 Å².